The SMILES string of the molecule is Cc1cc(C(=O)N(C)C2CNC2)ccc1Br.Cl. The molecule has 0 saturated carbocycles. The molecule has 1 aromatic rings. The van der Waals surface area contributed by atoms with Crippen LogP contribution in [0.2, 0.25) is 0 Å². The second-order valence-corrected chi connectivity index (χ2v) is 5.05. The molecular formula is C12H16BrClN2O. The van der Waals surface area contributed by atoms with Crippen molar-refractivity contribution in [2.24, 2.45) is 0 Å². The highest BCUT2D eigenvalue weighted by molar-refractivity contribution is 9.10. The van der Waals surface area contributed by atoms with Crippen molar-refractivity contribution in [3.8, 4) is 0 Å². The Labute approximate surface area is 116 Å². The lowest BCUT2D eigenvalue weighted by Gasteiger charge is -2.35. The topological polar surface area (TPSA) is 32.3 Å². The van der Waals surface area contributed by atoms with Crippen LogP contribution in [0.15, 0.2) is 22.7 Å². The number of hydrogen-bond acceptors (Lipinski definition) is 2. The van der Waals surface area contributed by atoms with E-state index in [0.717, 1.165) is 28.7 Å². The van der Waals surface area contributed by atoms with Gasteiger partial charge in [-0.05, 0) is 30.7 Å². The Bertz CT molecular complexity index is 421. The fourth-order valence-electron chi connectivity index (χ4n) is 1.69. The van der Waals surface area contributed by atoms with Gasteiger partial charge in [-0.1, -0.05) is 15.9 Å². The summed E-state index contributed by atoms with van der Waals surface area (Å²) in [4.78, 5) is 13.9. The summed E-state index contributed by atoms with van der Waals surface area (Å²) in [6, 6.07) is 6.06. The molecule has 0 radical (unpaired) electrons. The van der Waals surface area contributed by atoms with Crippen LogP contribution >= 0.6 is 28.3 Å². The van der Waals surface area contributed by atoms with Gasteiger partial charge < -0.3 is 10.2 Å². The lowest BCUT2D eigenvalue weighted by atomic mass is 10.1. The molecule has 0 aliphatic carbocycles. The molecule has 1 aromatic carbocycles. The largest absolute Gasteiger partial charge is 0.336 e. The summed E-state index contributed by atoms with van der Waals surface area (Å²) in [5.41, 5.74) is 1.85. The molecule has 1 N–H and O–H groups in total. The van der Waals surface area contributed by atoms with Gasteiger partial charge in [0, 0.05) is 30.2 Å². The summed E-state index contributed by atoms with van der Waals surface area (Å²) in [6.07, 6.45) is 0. The molecule has 1 fully saturated rings. The van der Waals surface area contributed by atoms with Gasteiger partial charge in [0.15, 0.2) is 0 Å². The van der Waals surface area contributed by atoms with Crippen molar-refractivity contribution in [1.29, 1.82) is 0 Å². The maximum Gasteiger partial charge on any atom is 0.253 e. The zero-order valence-corrected chi connectivity index (χ0v) is 12.3. The van der Waals surface area contributed by atoms with Crippen LogP contribution in [-0.2, 0) is 0 Å². The van der Waals surface area contributed by atoms with Gasteiger partial charge in [-0.25, -0.2) is 0 Å². The van der Waals surface area contributed by atoms with E-state index < -0.39 is 0 Å². The summed E-state index contributed by atoms with van der Waals surface area (Å²) in [6.45, 7) is 3.79. The zero-order chi connectivity index (χ0) is 11.7. The first-order valence-corrected chi connectivity index (χ1v) is 6.13. The Kier molecular flexibility index (Phi) is 4.98. The lowest BCUT2D eigenvalue weighted by molar-refractivity contribution is 0.0681. The lowest BCUT2D eigenvalue weighted by Crippen LogP contribution is -2.57. The minimum Gasteiger partial charge on any atom is -0.336 e. The van der Waals surface area contributed by atoms with Crippen LogP contribution < -0.4 is 5.32 Å². The van der Waals surface area contributed by atoms with E-state index in [9.17, 15) is 4.79 Å². The van der Waals surface area contributed by atoms with Gasteiger partial charge in [0.25, 0.3) is 5.91 Å². The first-order valence-electron chi connectivity index (χ1n) is 5.33. The summed E-state index contributed by atoms with van der Waals surface area (Å²) in [5, 5.41) is 3.17. The number of likely N-dealkylation sites (N-methyl/N-ethyl adjacent to an activating group) is 1. The fraction of sp³-hybridized carbons (Fsp3) is 0.417. The van der Waals surface area contributed by atoms with E-state index in [4.69, 9.17) is 0 Å². The smallest absolute Gasteiger partial charge is 0.253 e. The molecule has 1 aliphatic heterocycles. The second kappa shape index (κ2) is 5.85. The van der Waals surface area contributed by atoms with Crippen molar-refractivity contribution >= 4 is 34.2 Å². The Hall–Kier alpha value is -0.580. The minimum atomic E-state index is 0. The number of rotatable bonds is 2. The molecule has 17 heavy (non-hydrogen) atoms. The number of carbonyl (C=O) groups is 1. The third kappa shape index (κ3) is 3.00. The van der Waals surface area contributed by atoms with Crippen molar-refractivity contribution in [2.75, 3.05) is 20.1 Å². The zero-order valence-electron chi connectivity index (χ0n) is 9.87. The monoisotopic (exact) mass is 318 g/mol. The minimum absolute atomic E-state index is 0. The number of carbonyl (C=O) groups excluding carboxylic acids is 1. The van der Waals surface area contributed by atoms with Crippen molar-refractivity contribution < 1.29 is 4.79 Å². The maximum atomic E-state index is 12.1. The van der Waals surface area contributed by atoms with Crippen LogP contribution in [0.1, 0.15) is 15.9 Å². The number of halogens is 2. The van der Waals surface area contributed by atoms with Crippen LogP contribution in [-0.4, -0.2) is 37.0 Å². The number of nitrogens with one attached hydrogen (secondary N) is 1. The van der Waals surface area contributed by atoms with Crippen molar-refractivity contribution in [3.05, 3.63) is 33.8 Å². The highest BCUT2D eigenvalue weighted by Gasteiger charge is 2.25. The van der Waals surface area contributed by atoms with Gasteiger partial charge in [0.1, 0.15) is 0 Å². The van der Waals surface area contributed by atoms with Crippen LogP contribution in [0.3, 0.4) is 0 Å². The van der Waals surface area contributed by atoms with E-state index in [1.165, 1.54) is 0 Å². The molecule has 5 heteroatoms. The first kappa shape index (κ1) is 14.5. The van der Waals surface area contributed by atoms with Crippen LogP contribution in [0, 0.1) is 6.92 Å². The van der Waals surface area contributed by atoms with E-state index in [2.05, 4.69) is 21.2 Å². The van der Waals surface area contributed by atoms with Gasteiger partial charge in [-0.15, -0.1) is 12.4 Å². The summed E-state index contributed by atoms with van der Waals surface area (Å²) in [5.74, 6) is 0.0992. The van der Waals surface area contributed by atoms with Crippen molar-refractivity contribution in [2.45, 2.75) is 13.0 Å². The molecule has 2 rings (SSSR count). The van der Waals surface area contributed by atoms with Crippen molar-refractivity contribution in [1.82, 2.24) is 10.2 Å². The van der Waals surface area contributed by atoms with Crippen LogP contribution in [0.4, 0.5) is 0 Å². The third-order valence-electron chi connectivity index (χ3n) is 3.03. The Morgan fingerprint density at radius 1 is 1.47 bits per heavy atom. The molecule has 0 atom stereocenters. The molecule has 3 nitrogen and oxygen atoms in total. The number of benzene rings is 1. The Balaban J connectivity index is 0.00000144. The van der Waals surface area contributed by atoms with Gasteiger partial charge in [-0.2, -0.15) is 0 Å². The molecule has 1 amide bonds. The van der Waals surface area contributed by atoms with Crippen LogP contribution in [0.5, 0.6) is 0 Å². The predicted molar refractivity (Wildman–Crippen MR) is 74.9 cm³/mol. The van der Waals surface area contributed by atoms with Gasteiger partial charge in [0.2, 0.25) is 0 Å². The van der Waals surface area contributed by atoms with E-state index >= 15 is 0 Å². The van der Waals surface area contributed by atoms with Gasteiger partial charge in [0.05, 0.1) is 6.04 Å². The maximum absolute atomic E-state index is 12.1. The van der Waals surface area contributed by atoms with E-state index in [1.807, 2.05) is 37.1 Å². The fourth-order valence-corrected chi connectivity index (χ4v) is 1.94. The molecule has 0 unspecified atom stereocenters. The third-order valence-corrected chi connectivity index (χ3v) is 3.92. The normalized spacial score (nSPS) is 14.8. The highest BCUT2D eigenvalue weighted by Crippen LogP contribution is 2.18. The number of aryl methyl sites for hydroxylation is 1. The van der Waals surface area contributed by atoms with Crippen molar-refractivity contribution in [3.63, 3.8) is 0 Å². The molecule has 94 valence electrons. The summed E-state index contributed by atoms with van der Waals surface area (Å²) >= 11 is 3.43. The Morgan fingerprint density at radius 2 is 2.12 bits per heavy atom. The average Bonchev–Trinajstić information content (AvgIpc) is 2.18. The quantitative estimate of drug-likeness (QED) is 0.906. The number of amides is 1. The number of hydrogen-bond donors (Lipinski definition) is 1. The molecule has 1 heterocycles. The Morgan fingerprint density at radius 3 is 2.59 bits per heavy atom. The molecule has 1 saturated heterocycles. The molecule has 0 spiro atoms. The average molecular weight is 320 g/mol. The number of nitrogens with zero attached hydrogens (tertiary/aromatic N) is 1. The second-order valence-electron chi connectivity index (χ2n) is 4.19. The molecule has 0 bridgehead atoms. The van der Waals surface area contributed by atoms with E-state index in [0.29, 0.717) is 6.04 Å². The van der Waals surface area contributed by atoms with E-state index in [1.54, 1.807) is 0 Å². The highest BCUT2D eigenvalue weighted by atomic mass is 79.9. The molecule has 0 aromatic heterocycles. The predicted octanol–water partition coefficient (Wildman–Crippen LogP) is 2.22. The van der Waals surface area contributed by atoms with Gasteiger partial charge in [-0.3, -0.25) is 4.79 Å². The van der Waals surface area contributed by atoms with E-state index in [-0.39, 0.29) is 18.3 Å². The summed E-state index contributed by atoms with van der Waals surface area (Å²) in [7, 11) is 1.87. The van der Waals surface area contributed by atoms with Crippen LogP contribution in [0.25, 0.3) is 0 Å². The molecule has 1 aliphatic rings. The summed E-state index contributed by atoms with van der Waals surface area (Å²) < 4.78 is 1.04. The first-order chi connectivity index (χ1) is 7.59. The van der Waals surface area contributed by atoms with Gasteiger partial charge >= 0.3 is 0 Å². The standard InChI is InChI=1S/C12H15BrN2O.ClH/c1-8-5-9(3-4-11(8)13)12(16)15(2)10-6-14-7-10;/h3-5,10,14H,6-7H2,1-2H3;1H. The molecular weight excluding hydrogens is 304 g/mol.